The summed E-state index contributed by atoms with van der Waals surface area (Å²) in [6, 6.07) is 17.9. The minimum atomic E-state index is -0.439. The van der Waals surface area contributed by atoms with Crippen LogP contribution in [0.4, 0.5) is 0 Å². The molecule has 3 N–H and O–H groups in total. The second kappa shape index (κ2) is 8.64. The van der Waals surface area contributed by atoms with Gasteiger partial charge in [-0.2, -0.15) is 5.10 Å². The van der Waals surface area contributed by atoms with E-state index >= 15 is 0 Å². The number of nitrogens with one attached hydrogen (secondary N) is 1. The highest BCUT2D eigenvalue weighted by molar-refractivity contribution is 5.94. The molecule has 5 aromatic rings. The van der Waals surface area contributed by atoms with Crippen LogP contribution in [0.2, 0.25) is 0 Å². The first-order valence-corrected chi connectivity index (χ1v) is 11.2. The van der Waals surface area contributed by atoms with Crippen molar-refractivity contribution in [3.05, 3.63) is 94.0 Å². The molecule has 0 unspecified atom stereocenters. The highest BCUT2D eigenvalue weighted by atomic mass is 16.3. The van der Waals surface area contributed by atoms with Gasteiger partial charge in [0.15, 0.2) is 11.6 Å². The third kappa shape index (κ3) is 4.10. The minimum absolute atomic E-state index is 0.00758. The first kappa shape index (κ1) is 22.2. The van der Waals surface area contributed by atoms with E-state index in [1.807, 2.05) is 60.3 Å². The summed E-state index contributed by atoms with van der Waals surface area (Å²) in [5.41, 5.74) is 3.69. The maximum atomic E-state index is 12.7. The van der Waals surface area contributed by atoms with Gasteiger partial charge in [-0.25, -0.2) is 14.5 Å². The zero-order chi connectivity index (χ0) is 24.7. The maximum absolute atomic E-state index is 12.7. The van der Waals surface area contributed by atoms with Crippen LogP contribution in [-0.2, 0) is 19.9 Å². The fraction of sp³-hybridized carbons (Fsp3) is 0.148. The van der Waals surface area contributed by atoms with E-state index in [1.54, 1.807) is 12.1 Å². The number of phenolic OH excluding ortho intramolecular Hbond substituents is 2. The molecule has 0 atom stereocenters. The molecule has 0 aliphatic heterocycles. The van der Waals surface area contributed by atoms with E-state index < -0.39 is 5.69 Å². The van der Waals surface area contributed by atoms with Gasteiger partial charge in [-0.1, -0.05) is 18.2 Å². The van der Waals surface area contributed by atoms with Gasteiger partial charge in [-0.15, -0.1) is 0 Å². The maximum Gasteiger partial charge on any atom is 0.348 e. The van der Waals surface area contributed by atoms with Crippen molar-refractivity contribution in [2.24, 2.45) is 7.05 Å². The molecule has 5 rings (SSSR count). The molecule has 0 saturated carbocycles. The third-order valence-corrected chi connectivity index (χ3v) is 6.25. The molecule has 176 valence electrons. The average Bonchev–Trinajstić information content (AvgIpc) is 3.40. The van der Waals surface area contributed by atoms with E-state index in [4.69, 9.17) is 0 Å². The number of carbonyl (C=O) groups is 1. The molecule has 0 bridgehead atoms. The Morgan fingerprint density at radius 2 is 1.83 bits per heavy atom. The number of rotatable bonds is 6. The standard InChI is InChI=1S/C27H24N4O4/c1-16(32)18-5-3-4-17(12-18)6-7-20-14-22(25(34)15-24(20)33)26-28-29-27(35)31(26)21-8-9-23-19(13-21)10-11-30(23)2/h3-5,8-15,33-34H,6-7H2,1-2H3,(H,29,35). The Hall–Kier alpha value is -4.59. The Morgan fingerprint density at radius 3 is 2.63 bits per heavy atom. The summed E-state index contributed by atoms with van der Waals surface area (Å²) in [7, 11) is 1.95. The summed E-state index contributed by atoms with van der Waals surface area (Å²) in [5.74, 6) is -0.00982. The van der Waals surface area contributed by atoms with Crippen molar-refractivity contribution >= 4 is 16.7 Å². The fourth-order valence-electron chi connectivity index (χ4n) is 4.35. The molecule has 0 fully saturated rings. The molecule has 8 heteroatoms. The number of aromatic hydroxyl groups is 2. The topological polar surface area (TPSA) is 113 Å². The Balaban J connectivity index is 1.52. The number of benzene rings is 3. The Morgan fingerprint density at radius 1 is 1.00 bits per heavy atom. The van der Waals surface area contributed by atoms with Crippen molar-refractivity contribution in [1.29, 1.82) is 0 Å². The van der Waals surface area contributed by atoms with Gasteiger partial charge in [0.05, 0.1) is 11.3 Å². The zero-order valence-corrected chi connectivity index (χ0v) is 19.3. The van der Waals surface area contributed by atoms with E-state index in [1.165, 1.54) is 17.6 Å². The first-order chi connectivity index (χ1) is 16.8. The molecular formula is C27H24N4O4. The van der Waals surface area contributed by atoms with Crippen molar-refractivity contribution in [2.45, 2.75) is 19.8 Å². The molecule has 0 amide bonds. The van der Waals surface area contributed by atoms with E-state index in [9.17, 15) is 19.8 Å². The number of phenols is 2. The largest absolute Gasteiger partial charge is 0.508 e. The van der Waals surface area contributed by atoms with Crippen LogP contribution in [0, 0.1) is 0 Å². The Bertz CT molecular complexity index is 1640. The molecule has 2 aromatic heterocycles. The van der Waals surface area contributed by atoms with Gasteiger partial charge in [0.2, 0.25) is 0 Å². The van der Waals surface area contributed by atoms with E-state index in [0.29, 0.717) is 35.2 Å². The molecule has 8 nitrogen and oxygen atoms in total. The lowest BCUT2D eigenvalue weighted by Gasteiger charge is -2.12. The lowest BCUT2D eigenvalue weighted by atomic mass is 9.99. The second-order valence-electron chi connectivity index (χ2n) is 8.61. The summed E-state index contributed by atoms with van der Waals surface area (Å²) in [6.07, 6.45) is 2.99. The van der Waals surface area contributed by atoms with Gasteiger partial charge < -0.3 is 14.8 Å². The fourth-order valence-corrected chi connectivity index (χ4v) is 4.35. The number of hydrogen-bond donors (Lipinski definition) is 3. The number of aromatic amines is 1. The molecular weight excluding hydrogens is 444 g/mol. The van der Waals surface area contributed by atoms with Crippen LogP contribution < -0.4 is 5.69 Å². The van der Waals surface area contributed by atoms with Crippen LogP contribution in [0.3, 0.4) is 0 Å². The number of hydrogen-bond acceptors (Lipinski definition) is 5. The van der Waals surface area contributed by atoms with Crippen molar-refractivity contribution < 1.29 is 15.0 Å². The Labute approximate surface area is 200 Å². The minimum Gasteiger partial charge on any atom is -0.508 e. The summed E-state index contributed by atoms with van der Waals surface area (Å²) in [4.78, 5) is 24.4. The van der Waals surface area contributed by atoms with Crippen LogP contribution in [0.1, 0.15) is 28.4 Å². The summed E-state index contributed by atoms with van der Waals surface area (Å²) in [6.45, 7) is 1.52. The van der Waals surface area contributed by atoms with Crippen LogP contribution in [0.5, 0.6) is 11.5 Å². The van der Waals surface area contributed by atoms with E-state index in [0.717, 1.165) is 16.5 Å². The number of H-pyrrole nitrogens is 1. The summed E-state index contributed by atoms with van der Waals surface area (Å²) in [5, 5.41) is 28.7. The van der Waals surface area contributed by atoms with Crippen molar-refractivity contribution in [2.75, 3.05) is 0 Å². The molecule has 0 radical (unpaired) electrons. The lowest BCUT2D eigenvalue weighted by molar-refractivity contribution is 0.101. The van der Waals surface area contributed by atoms with Gasteiger partial charge in [0.1, 0.15) is 11.5 Å². The van der Waals surface area contributed by atoms with Crippen molar-refractivity contribution in [1.82, 2.24) is 19.3 Å². The first-order valence-electron chi connectivity index (χ1n) is 11.2. The van der Waals surface area contributed by atoms with E-state index in [-0.39, 0.29) is 23.1 Å². The van der Waals surface area contributed by atoms with Crippen LogP contribution in [-0.4, -0.2) is 35.3 Å². The number of aryl methyl sites for hydroxylation is 3. The molecule has 35 heavy (non-hydrogen) atoms. The van der Waals surface area contributed by atoms with Gasteiger partial charge in [-0.3, -0.25) is 4.79 Å². The average molecular weight is 469 g/mol. The second-order valence-corrected chi connectivity index (χ2v) is 8.61. The summed E-state index contributed by atoms with van der Waals surface area (Å²) >= 11 is 0. The van der Waals surface area contributed by atoms with Gasteiger partial charge in [0, 0.05) is 35.8 Å². The van der Waals surface area contributed by atoms with Crippen LogP contribution in [0.15, 0.2) is 71.7 Å². The molecule has 2 heterocycles. The smallest absolute Gasteiger partial charge is 0.348 e. The Kier molecular flexibility index (Phi) is 5.49. The molecule has 0 aliphatic rings. The number of nitrogens with zero attached hydrogens (tertiary/aromatic N) is 3. The zero-order valence-electron chi connectivity index (χ0n) is 19.3. The van der Waals surface area contributed by atoms with Gasteiger partial charge in [-0.05, 0) is 67.3 Å². The van der Waals surface area contributed by atoms with Crippen molar-refractivity contribution in [3.8, 4) is 28.6 Å². The number of carbonyl (C=O) groups excluding carboxylic acids is 1. The quantitative estimate of drug-likeness (QED) is 0.325. The van der Waals surface area contributed by atoms with Gasteiger partial charge >= 0.3 is 5.69 Å². The van der Waals surface area contributed by atoms with Crippen LogP contribution in [0.25, 0.3) is 28.0 Å². The third-order valence-electron chi connectivity index (χ3n) is 6.25. The number of aromatic nitrogens is 4. The lowest BCUT2D eigenvalue weighted by Crippen LogP contribution is -2.15. The molecule has 0 spiro atoms. The molecule has 0 aliphatic carbocycles. The SMILES string of the molecule is CC(=O)c1cccc(CCc2cc(-c3n[nH]c(=O)n3-c3ccc4c(ccn4C)c3)c(O)cc2O)c1. The number of fused-ring (bicyclic) bond motifs is 1. The highest BCUT2D eigenvalue weighted by Crippen LogP contribution is 2.35. The molecule has 0 saturated heterocycles. The number of Topliss-reactive ketones (excluding diaryl/α,β-unsaturated/α-hetero) is 1. The van der Waals surface area contributed by atoms with Crippen LogP contribution >= 0.6 is 0 Å². The molecule has 3 aromatic carbocycles. The number of ketones is 1. The predicted octanol–water partition coefficient (Wildman–Crippen LogP) is 4.12. The normalized spacial score (nSPS) is 11.3. The summed E-state index contributed by atoms with van der Waals surface area (Å²) < 4.78 is 3.39. The van der Waals surface area contributed by atoms with Crippen molar-refractivity contribution in [3.63, 3.8) is 0 Å². The predicted molar refractivity (Wildman–Crippen MR) is 133 cm³/mol. The monoisotopic (exact) mass is 468 g/mol. The van der Waals surface area contributed by atoms with E-state index in [2.05, 4.69) is 10.2 Å². The van der Waals surface area contributed by atoms with Gasteiger partial charge in [0.25, 0.3) is 0 Å². The highest BCUT2D eigenvalue weighted by Gasteiger charge is 2.19.